The van der Waals surface area contributed by atoms with E-state index in [1.165, 1.54) is 15.6 Å². The van der Waals surface area contributed by atoms with Gasteiger partial charge in [-0.15, -0.1) is 11.3 Å². The summed E-state index contributed by atoms with van der Waals surface area (Å²) < 4.78 is 11.4. The number of aromatic nitrogens is 3. The molecule has 0 spiro atoms. The Bertz CT molecular complexity index is 3510. The standard InChI is InChI=1S/C52H31N3OS/c1-4-15-32(16-5-1)35-30-40(33-17-6-2-7-18-33)50-42(31-35)47-39(23-14-25-45(47)56-50)49-51-48(38-22-11-13-26-46(38)57-51)53-52(54-49)34-27-28-44-41(29-34)37-21-10-12-24-43(37)55(44)36-19-8-3-9-20-36/h1-31H. The lowest BCUT2D eigenvalue weighted by atomic mass is 9.94. The Morgan fingerprint density at radius 3 is 1.96 bits per heavy atom. The van der Waals surface area contributed by atoms with Crippen LogP contribution in [0.25, 0.3) is 115 Å². The summed E-state index contributed by atoms with van der Waals surface area (Å²) in [5.41, 5.74) is 13.5. The van der Waals surface area contributed by atoms with Gasteiger partial charge in [0.15, 0.2) is 5.82 Å². The van der Waals surface area contributed by atoms with Gasteiger partial charge in [0.2, 0.25) is 0 Å². The minimum absolute atomic E-state index is 0.694. The molecule has 4 aromatic heterocycles. The third-order valence-electron chi connectivity index (χ3n) is 11.2. The summed E-state index contributed by atoms with van der Waals surface area (Å²) in [4.78, 5) is 10.9. The first kappa shape index (κ1) is 32.0. The molecular formula is C52H31N3OS. The summed E-state index contributed by atoms with van der Waals surface area (Å²) in [5.74, 6) is 0.694. The van der Waals surface area contributed by atoms with Gasteiger partial charge in [-0.1, -0.05) is 127 Å². The first-order valence-electron chi connectivity index (χ1n) is 19.2. The van der Waals surface area contributed by atoms with Crippen LogP contribution in [0, 0.1) is 0 Å². The SMILES string of the molecule is c1ccc(-c2cc(-c3ccccc3)c3oc4cccc(-c5nc(-c6ccc7c(c6)c6ccccc6n7-c6ccccc6)nc6c5sc5ccccc56)c4c3c2)cc1. The maximum absolute atomic E-state index is 6.86. The normalized spacial score (nSPS) is 11.9. The largest absolute Gasteiger partial charge is 0.455 e. The van der Waals surface area contributed by atoms with Crippen molar-refractivity contribution in [3.05, 3.63) is 188 Å². The summed E-state index contributed by atoms with van der Waals surface area (Å²) in [5, 5.41) is 5.60. The minimum Gasteiger partial charge on any atom is -0.455 e. The molecule has 12 rings (SSSR count). The first-order chi connectivity index (χ1) is 28.3. The van der Waals surface area contributed by atoms with Crippen molar-refractivity contribution in [1.29, 1.82) is 0 Å². The second-order valence-electron chi connectivity index (χ2n) is 14.5. The number of rotatable bonds is 5. The average molecular weight is 746 g/mol. The summed E-state index contributed by atoms with van der Waals surface area (Å²) in [6, 6.07) is 66.5. The molecule has 0 saturated carbocycles. The molecule has 0 atom stereocenters. The lowest BCUT2D eigenvalue weighted by molar-refractivity contribution is 0.670. The highest BCUT2D eigenvalue weighted by atomic mass is 32.1. The molecule has 12 aromatic rings. The third kappa shape index (κ3) is 4.99. The van der Waals surface area contributed by atoms with Crippen molar-refractivity contribution in [2.45, 2.75) is 0 Å². The number of thiophene rings is 1. The van der Waals surface area contributed by atoms with E-state index in [1.807, 2.05) is 0 Å². The van der Waals surface area contributed by atoms with Crippen molar-refractivity contribution in [3.63, 3.8) is 0 Å². The average Bonchev–Trinajstić information content (AvgIpc) is 3.96. The lowest BCUT2D eigenvalue weighted by Crippen LogP contribution is -1.95. The highest BCUT2D eigenvalue weighted by Gasteiger charge is 2.23. The van der Waals surface area contributed by atoms with Gasteiger partial charge in [0.25, 0.3) is 0 Å². The molecule has 0 saturated heterocycles. The predicted molar refractivity (Wildman–Crippen MR) is 238 cm³/mol. The van der Waals surface area contributed by atoms with E-state index in [-0.39, 0.29) is 0 Å². The first-order valence-corrected chi connectivity index (χ1v) is 20.0. The fourth-order valence-corrected chi connectivity index (χ4v) is 9.77. The van der Waals surface area contributed by atoms with E-state index >= 15 is 0 Å². The van der Waals surface area contributed by atoms with Crippen LogP contribution < -0.4 is 0 Å². The highest BCUT2D eigenvalue weighted by Crippen LogP contribution is 2.46. The van der Waals surface area contributed by atoms with Crippen molar-refractivity contribution < 1.29 is 4.42 Å². The van der Waals surface area contributed by atoms with Crippen LogP contribution >= 0.6 is 11.3 Å². The summed E-state index contributed by atoms with van der Waals surface area (Å²) >= 11 is 1.75. The molecule has 0 amide bonds. The van der Waals surface area contributed by atoms with E-state index in [0.717, 1.165) is 93.2 Å². The molecule has 4 nitrogen and oxygen atoms in total. The number of fused-ring (bicyclic) bond motifs is 9. The second kappa shape index (κ2) is 12.6. The lowest BCUT2D eigenvalue weighted by Gasteiger charge is -2.10. The van der Waals surface area contributed by atoms with Gasteiger partial charge in [-0.2, -0.15) is 0 Å². The second-order valence-corrected chi connectivity index (χ2v) is 15.6. The zero-order valence-electron chi connectivity index (χ0n) is 30.6. The Kier molecular flexibility index (Phi) is 7.06. The molecule has 0 aliphatic heterocycles. The van der Waals surface area contributed by atoms with E-state index in [0.29, 0.717) is 5.82 Å². The molecule has 8 aromatic carbocycles. The van der Waals surface area contributed by atoms with Gasteiger partial charge >= 0.3 is 0 Å². The molecule has 0 unspecified atom stereocenters. The van der Waals surface area contributed by atoms with Crippen LogP contribution in [0.2, 0.25) is 0 Å². The molecule has 0 aliphatic rings. The summed E-state index contributed by atoms with van der Waals surface area (Å²) in [7, 11) is 0. The Labute approximate surface area is 331 Å². The maximum atomic E-state index is 6.86. The van der Waals surface area contributed by atoms with Crippen LogP contribution in [-0.4, -0.2) is 14.5 Å². The third-order valence-corrected chi connectivity index (χ3v) is 12.4. The molecule has 0 radical (unpaired) electrons. The van der Waals surface area contributed by atoms with Crippen LogP contribution in [0.15, 0.2) is 192 Å². The van der Waals surface area contributed by atoms with Crippen molar-refractivity contribution in [2.24, 2.45) is 0 Å². The zero-order valence-corrected chi connectivity index (χ0v) is 31.4. The number of hydrogen-bond donors (Lipinski definition) is 0. The van der Waals surface area contributed by atoms with Gasteiger partial charge in [-0.25, -0.2) is 9.97 Å². The topological polar surface area (TPSA) is 43.9 Å². The Balaban J connectivity index is 1.14. The van der Waals surface area contributed by atoms with Crippen molar-refractivity contribution in [3.8, 4) is 50.6 Å². The number of benzene rings is 8. The van der Waals surface area contributed by atoms with Crippen LogP contribution in [0.4, 0.5) is 0 Å². The predicted octanol–water partition coefficient (Wildman–Crippen LogP) is 14.5. The monoisotopic (exact) mass is 745 g/mol. The summed E-state index contributed by atoms with van der Waals surface area (Å²) in [6.45, 7) is 0. The molecule has 0 aliphatic carbocycles. The molecule has 0 fully saturated rings. The molecule has 5 heteroatoms. The number of para-hydroxylation sites is 2. The van der Waals surface area contributed by atoms with Crippen molar-refractivity contribution >= 4 is 75.4 Å². The van der Waals surface area contributed by atoms with Crippen LogP contribution in [0.3, 0.4) is 0 Å². The molecule has 0 N–H and O–H groups in total. The zero-order chi connectivity index (χ0) is 37.5. The Morgan fingerprint density at radius 1 is 0.456 bits per heavy atom. The molecular weight excluding hydrogens is 715 g/mol. The molecule has 4 heterocycles. The van der Waals surface area contributed by atoms with Gasteiger partial charge in [0.05, 0.1) is 26.9 Å². The van der Waals surface area contributed by atoms with E-state index < -0.39 is 0 Å². The van der Waals surface area contributed by atoms with E-state index in [2.05, 4.69) is 193 Å². The quantitative estimate of drug-likeness (QED) is 0.176. The van der Waals surface area contributed by atoms with Crippen molar-refractivity contribution in [1.82, 2.24) is 14.5 Å². The minimum atomic E-state index is 0.694. The van der Waals surface area contributed by atoms with E-state index in [4.69, 9.17) is 14.4 Å². The van der Waals surface area contributed by atoms with Gasteiger partial charge in [-0.05, 0) is 77.4 Å². The van der Waals surface area contributed by atoms with Crippen LogP contribution in [0.1, 0.15) is 0 Å². The van der Waals surface area contributed by atoms with Gasteiger partial charge in [0.1, 0.15) is 11.2 Å². The van der Waals surface area contributed by atoms with Crippen molar-refractivity contribution in [2.75, 3.05) is 0 Å². The summed E-state index contributed by atoms with van der Waals surface area (Å²) in [6.07, 6.45) is 0. The fourth-order valence-electron chi connectivity index (χ4n) is 8.63. The van der Waals surface area contributed by atoms with Crippen LogP contribution in [0.5, 0.6) is 0 Å². The molecule has 0 bridgehead atoms. The van der Waals surface area contributed by atoms with Crippen LogP contribution in [-0.2, 0) is 0 Å². The smallest absolute Gasteiger partial charge is 0.160 e. The molecule has 266 valence electrons. The molecule has 57 heavy (non-hydrogen) atoms. The number of hydrogen-bond acceptors (Lipinski definition) is 4. The Morgan fingerprint density at radius 2 is 1.14 bits per heavy atom. The van der Waals surface area contributed by atoms with E-state index in [9.17, 15) is 0 Å². The fraction of sp³-hybridized carbons (Fsp3) is 0. The highest BCUT2D eigenvalue weighted by molar-refractivity contribution is 7.26. The maximum Gasteiger partial charge on any atom is 0.160 e. The number of nitrogens with zero attached hydrogens (tertiary/aromatic N) is 3. The Hall–Kier alpha value is -7.34. The van der Waals surface area contributed by atoms with E-state index in [1.54, 1.807) is 11.3 Å². The van der Waals surface area contributed by atoms with Gasteiger partial charge in [-0.3, -0.25) is 0 Å². The number of furan rings is 1. The van der Waals surface area contributed by atoms with Gasteiger partial charge in [0, 0.05) is 54.0 Å². The van der Waals surface area contributed by atoms with Gasteiger partial charge < -0.3 is 8.98 Å².